The predicted octanol–water partition coefficient (Wildman–Crippen LogP) is 5.06. The fourth-order valence-electron chi connectivity index (χ4n) is 2.58. The highest BCUT2D eigenvalue weighted by atomic mass is 127. The smallest absolute Gasteiger partial charge is 0.305 e. The Morgan fingerprint density at radius 1 is 1.11 bits per heavy atom. The highest BCUT2D eigenvalue weighted by Crippen LogP contribution is 2.20. The van der Waals surface area contributed by atoms with Crippen molar-refractivity contribution in [3.05, 3.63) is 57.4 Å². The molecule has 0 aliphatic heterocycles. The van der Waals surface area contributed by atoms with E-state index in [9.17, 15) is 4.79 Å². The Morgan fingerprint density at radius 2 is 1.89 bits per heavy atom. The molecule has 2 rings (SSSR count). The molecule has 28 heavy (non-hydrogen) atoms. The van der Waals surface area contributed by atoms with Gasteiger partial charge < -0.3 is 14.2 Å². The topological polar surface area (TPSA) is 57.7 Å². The standard InChI is InChI=1S/C22H26INO4/c1-26-18-10-8-17(9-11-18)7-5-3-4-6-16-28-20-13-14-21(23)24-19(20)12-15-22(25)27-2/h5,7-11,13-14H,3-4,6,12,15-16H2,1-2H3. The first-order chi connectivity index (χ1) is 13.6. The van der Waals surface area contributed by atoms with Gasteiger partial charge in [-0.2, -0.15) is 0 Å². The summed E-state index contributed by atoms with van der Waals surface area (Å²) in [4.78, 5) is 15.9. The molecule has 2 aromatic rings. The summed E-state index contributed by atoms with van der Waals surface area (Å²) in [5.41, 5.74) is 1.97. The van der Waals surface area contributed by atoms with Crippen LogP contribution in [0.5, 0.6) is 11.5 Å². The van der Waals surface area contributed by atoms with Gasteiger partial charge in [-0.1, -0.05) is 24.3 Å². The summed E-state index contributed by atoms with van der Waals surface area (Å²) in [6.45, 7) is 0.629. The van der Waals surface area contributed by atoms with E-state index in [0.717, 1.165) is 45.7 Å². The van der Waals surface area contributed by atoms with Crippen molar-refractivity contribution < 1.29 is 19.0 Å². The van der Waals surface area contributed by atoms with Crippen LogP contribution in [0.15, 0.2) is 42.5 Å². The Bertz CT molecular complexity index is 775. The lowest BCUT2D eigenvalue weighted by Crippen LogP contribution is -2.07. The molecule has 0 N–H and O–H groups in total. The number of unbranched alkanes of at least 4 members (excludes halogenated alkanes) is 2. The van der Waals surface area contributed by atoms with Crippen LogP contribution in [-0.2, 0) is 16.0 Å². The van der Waals surface area contributed by atoms with Crippen LogP contribution in [0.25, 0.3) is 6.08 Å². The summed E-state index contributed by atoms with van der Waals surface area (Å²) < 4.78 is 16.6. The highest BCUT2D eigenvalue weighted by Gasteiger charge is 2.09. The minimum atomic E-state index is -0.241. The van der Waals surface area contributed by atoms with E-state index in [0.29, 0.717) is 19.4 Å². The first-order valence-electron chi connectivity index (χ1n) is 9.28. The summed E-state index contributed by atoms with van der Waals surface area (Å²) in [6, 6.07) is 11.8. The van der Waals surface area contributed by atoms with Crippen LogP contribution in [0.3, 0.4) is 0 Å². The molecule has 0 saturated carbocycles. The Labute approximate surface area is 180 Å². The van der Waals surface area contributed by atoms with Gasteiger partial charge in [-0.05, 0) is 71.7 Å². The number of allylic oxidation sites excluding steroid dienone is 1. The van der Waals surface area contributed by atoms with Crippen LogP contribution in [0, 0.1) is 3.70 Å². The van der Waals surface area contributed by atoms with Crippen LogP contribution < -0.4 is 9.47 Å². The molecular weight excluding hydrogens is 469 g/mol. The van der Waals surface area contributed by atoms with Crippen molar-refractivity contribution in [2.24, 2.45) is 0 Å². The molecule has 0 radical (unpaired) electrons. The highest BCUT2D eigenvalue weighted by molar-refractivity contribution is 14.1. The quantitative estimate of drug-likeness (QED) is 0.189. The van der Waals surface area contributed by atoms with Crippen molar-refractivity contribution in [3.63, 3.8) is 0 Å². The van der Waals surface area contributed by atoms with Crippen LogP contribution >= 0.6 is 22.6 Å². The number of methoxy groups -OCH3 is 2. The number of rotatable bonds is 11. The van der Waals surface area contributed by atoms with E-state index in [-0.39, 0.29) is 5.97 Å². The zero-order valence-corrected chi connectivity index (χ0v) is 18.5. The number of aryl methyl sites for hydroxylation is 1. The molecule has 0 aliphatic carbocycles. The van der Waals surface area contributed by atoms with Gasteiger partial charge in [-0.25, -0.2) is 4.98 Å². The second kappa shape index (κ2) is 12.4. The molecule has 150 valence electrons. The number of halogens is 1. The van der Waals surface area contributed by atoms with Gasteiger partial charge in [0.25, 0.3) is 0 Å². The maximum absolute atomic E-state index is 11.4. The lowest BCUT2D eigenvalue weighted by molar-refractivity contribution is -0.140. The molecule has 1 aromatic heterocycles. The summed E-state index contributed by atoms with van der Waals surface area (Å²) in [6.07, 6.45) is 8.11. The molecule has 1 aromatic carbocycles. The molecule has 1 heterocycles. The zero-order chi connectivity index (χ0) is 20.2. The lowest BCUT2D eigenvalue weighted by Gasteiger charge is -2.10. The Morgan fingerprint density at radius 3 is 2.61 bits per heavy atom. The minimum Gasteiger partial charge on any atom is -0.497 e. The number of hydrogen-bond donors (Lipinski definition) is 0. The van der Waals surface area contributed by atoms with E-state index >= 15 is 0 Å². The van der Waals surface area contributed by atoms with E-state index in [1.165, 1.54) is 7.11 Å². The van der Waals surface area contributed by atoms with Crippen molar-refractivity contribution in [1.82, 2.24) is 4.98 Å². The summed E-state index contributed by atoms with van der Waals surface area (Å²) in [5, 5.41) is 0. The van der Waals surface area contributed by atoms with Gasteiger partial charge in [0.2, 0.25) is 0 Å². The van der Waals surface area contributed by atoms with Crippen molar-refractivity contribution in [1.29, 1.82) is 0 Å². The van der Waals surface area contributed by atoms with Gasteiger partial charge in [-0.15, -0.1) is 0 Å². The molecule has 0 aliphatic rings. The maximum atomic E-state index is 11.4. The number of pyridine rings is 1. The van der Waals surface area contributed by atoms with Crippen LogP contribution in [0.2, 0.25) is 0 Å². The first kappa shape index (κ1) is 22.2. The summed E-state index contributed by atoms with van der Waals surface area (Å²) >= 11 is 2.16. The van der Waals surface area contributed by atoms with Crippen LogP contribution in [0.1, 0.15) is 36.9 Å². The van der Waals surface area contributed by atoms with Crippen LogP contribution in [0.4, 0.5) is 0 Å². The number of carbonyl (C=O) groups excluding carboxylic acids is 1. The van der Waals surface area contributed by atoms with E-state index in [1.807, 2.05) is 36.4 Å². The van der Waals surface area contributed by atoms with E-state index in [4.69, 9.17) is 14.2 Å². The number of nitrogens with zero attached hydrogens (tertiary/aromatic N) is 1. The maximum Gasteiger partial charge on any atom is 0.305 e. The SMILES string of the molecule is COC(=O)CCc1nc(I)ccc1OCCCCC=Cc1ccc(OC)cc1. The van der Waals surface area contributed by atoms with E-state index < -0.39 is 0 Å². The second-order valence-corrected chi connectivity index (χ2v) is 7.28. The predicted molar refractivity (Wildman–Crippen MR) is 119 cm³/mol. The molecule has 5 nitrogen and oxygen atoms in total. The summed E-state index contributed by atoms with van der Waals surface area (Å²) in [5.74, 6) is 1.37. The Hall–Kier alpha value is -2.09. The number of ether oxygens (including phenoxy) is 3. The molecule has 0 amide bonds. The third-order valence-corrected chi connectivity index (χ3v) is 4.74. The molecule has 0 atom stereocenters. The minimum absolute atomic E-state index is 0.241. The number of hydrogen-bond acceptors (Lipinski definition) is 5. The Balaban J connectivity index is 1.72. The Kier molecular flexibility index (Phi) is 9.82. The molecule has 0 saturated heterocycles. The van der Waals surface area contributed by atoms with Crippen molar-refractivity contribution in [2.45, 2.75) is 32.1 Å². The number of esters is 1. The second-order valence-electron chi connectivity index (χ2n) is 6.17. The normalized spacial score (nSPS) is 10.8. The molecule has 0 unspecified atom stereocenters. The summed E-state index contributed by atoms with van der Waals surface area (Å²) in [7, 11) is 3.06. The van der Waals surface area contributed by atoms with Gasteiger partial charge in [0, 0.05) is 6.42 Å². The third kappa shape index (κ3) is 7.88. The monoisotopic (exact) mass is 495 g/mol. The molecule has 0 bridgehead atoms. The lowest BCUT2D eigenvalue weighted by atomic mass is 10.1. The zero-order valence-electron chi connectivity index (χ0n) is 16.3. The van der Waals surface area contributed by atoms with Crippen molar-refractivity contribution >= 4 is 34.6 Å². The van der Waals surface area contributed by atoms with Crippen LogP contribution in [-0.4, -0.2) is 31.8 Å². The average molecular weight is 495 g/mol. The van der Waals surface area contributed by atoms with Gasteiger partial charge in [0.05, 0.1) is 32.9 Å². The van der Waals surface area contributed by atoms with Gasteiger partial charge in [-0.3, -0.25) is 4.79 Å². The number of aromatic nitrogens is 1. The molecular formula is C22H26INO4. The van der Waals surface area contributed by atoms with Gasteiger partial charge >= 0.3 is 5.97 Å². The van der Waals surface area contributed by atoms with Crippen molar-refractivity contribution in [2.75, 3.05) is 20.8 Å². The first-order valence-corrected chi connectivity index (χ1v) is 10.4. The number of benzene rings is 1. The van der Waals surface area contributed by atoms with Gasteiger partial charge in [0.1, 0.15) is 15.2 Å². The van der Waals surface area contributed by atoms with Gasteiger partial charge in [0.15, 0.2) is 0 Å². The molecule has 0 spiro atoms. The third-order valence-electron chi connectivity index (χ3n) is 4.14. The van der Waals surface area contributed by atoms with Crippen molar-refractivity contribution in [3.8, 4) is 11.5 Å². The fourth-order valence-corrected chi connectivity index (χ4v) is 3.05. The number of carbonyl (C=O) groups is 1. The van der Waals surface area contributed by atoms with E-state index in [2.05, 4.69) is 39.7 Å². The van der Waals surface area contributed by atoms with E-state index in [1.54, 1.807) is 7.11 Å². The molecule has 0 fully saturated rings. The fraction of sp³-hybridized carbons (Fsp3) is 0.364. The average Bonchev–Trinajstić information content (AvgIpc) is 2.72. The molecule has 6 heteroatoms. The largest absolute Gasteiger partial charge is 0.497 e.